The van der Waals surface area contributed by atoms with Crippen molar-refractivity contribution in [1.29, 1.82) is 0 Å². The van der Waals surface area contributed by atoms with Gasteiger partial charge >= 0.3 is 6.03 Å². The van der Waals surface area contributed by atoms with E-state index >= 15 is 0 Å². The summed E-state index contributed by atoms with van der Waals surface area (Å²) in [6.07, 6.45) is 7.56. The lowest BCUT2D eigenvalue weighted by Gasteiger charge is -2.40. The number of piperidine rings is 2. The fourth-order valence-electron chi connectivity index (χ4n) is 5.24. The van der Waals surface area contributed by atoms with Crippen molar-refractivity contribution in [2.24, 2.45) is 0 Å². The average Bonchev–Trinajstić information content (AvgIpc) is 2.87. The van der Waals surface area contributed by atoms with Gasteiger partial charge in [-0.25, -0.2) is 4.79 Å². The highest BCUT2D eigenvalue weighted by atomic mass is 79.9. The third kappa shape index (κ3) is 8.09. The molecule has 2 aromatic carbocycles. The Kier molecular flexibility index (Phi) is 10.2. The van der Waals surface area contributed by atoms with Crippen molar-refractivity contribution >= 4 is 50.9 Å². The number of hydrogen-bond donors (Lipinski definition) is 2. The Balaban J connectivity index is 1.31. The van der Waals surface area contributed by atoms with Gasteiger partial charge < -0.3 is 20.4 Å². The minimum absolute atomic E-state index is 0.151. The van der Waals surface area contributed by atoms with Crippen LogP contribution in [0.4, 0.5) is 10.5 Å². The monoisotopic (exact) mass is 580 g/mol. The molecule has 2 aliphatic rings. The quantitative estimate of drug-likeness (QED) is 0.353. The van der Waals surface area contributed by atoms with Crippen molar-refractivity contribution in [1.82, 2.24) is 15.1 Å². The normalized spacial score (nSPS) is 18.8. The van der Waals surface area contributed by atoms with Crippen molar-refractivity contribution in [2.75, 3.05) is 44.6 Å². The van der Waals surface area contributed by atoms with E-state index in [-0.39, 0.29) is 11.9 Å². The van der Waals surface area contributed by atoms with E-state index < -0.39 is 0 Å². The second-order valence-corrected chi connectivity index (χ2v) is 11.4. The van der Waals surface area contributed by atoms with Crippen molar-refractivity contribution in [2.45, 2.75) is 50.5 Å². The van der Waals surface area contributed by atoms with E-state index in [1.807, 2.05) is 42.5 Å². The van der Waals surface area contributed by atoms with Crippen molar-refractivity contribution in [3.63, 3.8) is 0 Å². The Morgan fingerprint density at radius 2 is 1.77 bits per heavy atom. The zero-order valence-corrected chi connectivity index (χ0v) is 23.2. The molecule has 0 saturated carbocycles. The number of nitrogens with one attached hydrogen (secondary N) is 2. The van der Waals surface area contributed by atoms with Gasteiger partial charge in [-0.05, 0) is 101 Å². The first-order chi connectivity index (χ1) is 17.0. The smallest absolute Gasteiger partial charge is 0.319 e. The van der Waals surface area contributed by atoms with E-state index in [1.54, 1.807) is 0 Å². The molecule has 190 valence electrons. The molecule has 2 fully saturated rings. The Bertz CT molecular complexity index is 977. The SMILES string of the molecule is O=C(NCC(CCN1CCC(N2CCCCC2)CC1)c1ccc(Cl)c(Cl)c1)Nc1cccc(Br)c1. The van der Waals surface area contributed by atoms with Crippen LogP contribution in [0.5, 0.6) is 0 Å². The number of amides is 2. The summed E-state index contributed by atoms with van der Waals surface area (Å²) in [5, 5.41) is 7.06. The lowest BCUT2D eigenvalue weighted by molar-refractivity contribution is 0.0912. The highest BCUT2D eigenvalue weighted by Gasteiger charge is 2.26. The molecule has 2 amide bonds. The number of halogens is 3. The number of anilines is 1. The molecule has 5 nitrogen and oxygen atoms in total. The molecule has 0 spiro atoms. The number of nitrogens with zero attached hydrogens (tertiary/aromatic N) is 2. The molecule has 8 heteroatoms. The molecule has 35 heavy (non-hydrogen) atoms. The van der Waals surface area contributed by atoms with Crippen LogP contribution in [0.25, 0.3) is 0 Å². The summed E-state index contributed by atoms with van der Waals surface area (Å²) in [6.45, 7) is 6.38. The van der Waals surface area contributed by atoms with E-state index in [2.05, 4.69) is 36.4 Å². The molecule has 4 rings (SSSR count). The summed E-state index contributed by atoms with van der Waals surface area (Å²) in [4.78, 5) is 17.9. The van der Waals surface area contributed by atoms with Gasteiger partial charge in [0.05, 0.1) is 10.0 Å². The molecule has 0 radical (unpaired) electrons. The maximum Gasteiger partial charge on any atom is 0.319 e. The molecular formula is C27H35BrCl2N4O. The predicted molar refractivity (Wildman–Crippen MR) is 150 cm³/mol. The molecule has 2 aliphatic heterocycles. The molecule has 2 aromatic rings. The summed E-state index contributed by atoms with van der Waals surface area (Å²) in [5.41, 5.74) is 1.85. The minimum atomic E-state index is -0.212. The van der Waals surface area contributed by atoms with Gasteiger partial charge in [-0.1, -0.05) is 57.7 Å². The Morgan fingerprint density at radius 1 is 1.00 bits per heavy atom. The molecule has 1 atom stereocenters. The number of benzene rings is 2. The van der Waals surface area contributed by atoms with E-state index in [9.17, 15) is 4.79 Å². The van der Waals surface area contributed by atoms with Gasteiger partial charge in [0, 0.05) is 28.7 Å². The topological polar surface area (TPSA) is 47.6 Å². The first kappa shape index (κ1) is 26.7. The largest absolute Gasteiger partial charge is 0.337 e. The van der Waals surface area contributed by atoms with Crippen LogP contribution in [0.3, 0.4) is 0 Å². The third-order valence-corrected chi connectivity index (χ3v) is 8.50. The van der Waals surface area contributed by atoms with Crippen LogP contribution in [-0.4, -0.2) is 61.1 Å². The fourth-order valence-corrected chi connectivity index (χ4v) is 5.95. The summed E-state index contributed by atoms with van der Waals surface area (Å²) < 4.78 is 0.924. The van der Waals surface area contributed by atoms with Gasteiger partial charge in [-0.15, -0.1) is 0 Å². The van der Waals surface area contributed by atoms with Crippen molar-refractivity contribution in [3.8, 4) is 0 Å². The van der Waals surface area contributed by atoms with Crippen LogP contribution >= 0.6 is 39.1 Å². The third-order valence-electron chi connectivity index (χ3n) is 7.26. The van der Waals surface area contributed by atoms with Gasteiger partial charge in [-0.3, -0.25) is 0 Å². The highest BCUT2D eigenvalue weighted by Crippen LogP contribution is 2.29. The van der Waals surface area contributed by atoms with E-state index in [1.165, 1.54) is 45.2 Å². The molecule has 1 unspecified atom stereocenters. The van der Waals surface area contributed by atoms with E-state index in [0.29, 0.717) is 16.6 Å². The maximum atomic E-state index is 12.6. The van der Waals surface area contributed by atoms with Gasteiger partial charge in [0.25, 0.3) is 0 Å². The molecular weight excluding hydrogens is 547 g/mol. The molecule has 2 N–H and O–H groups in total. The molecule has 2 saturated heterocycles. The standard InChI is InChI=1S/C27H35BrCl2N4O/c28-22-5-4-6-23(18-22)32-27(35)31-19-21(20-7-8-25(29)26(30)17-20)9-14-33-15-10-24(11-16-33)34-12-2-1-3-13-34/h4-8,17-18,21,24H,1-3,9-16,19H2,(H2,31,32,35). The summed E-state index contributed by atoms with van der Waals surface area (Å²) in [7, 11) is 0. The number of hydrogen-bond acceptors (Lipinski definition) is 3. The number of urea groups is 1. The molecule has 0 bridgehead atoms. The fraction of sp³-hybridized carbons (Fsp3) is 0.519. The van der Waals surface area contributed by atoms with Crippen molar-refractivity contribution < 1.29 is 4.79 Å². The number of rotatable bonds is 8. The summed E-state index contributed by atoms with van der Waals surface area (Å²) in [6, 6.07) is 13.9. The lowest BCUT2D eigenvalue weighted by atomic mass is 9.94. The zero-order valence-electron chi connectivity index (χ0n) is 20.1. The molecule has 2 heterocycles. The minimum Gasteiger partial charge on any atom is -0.337 e. The van der Waals surface area contributed by atoms with Crippen molar-refractivity contribution in [3.05, 3.63) is 62.5 Å². The van der Waals surface area contributed by atoms with Gasteiger partial charge in [-0.2, -0.15) is 0 Å². The second-order valence-electron chi connectivity index (χ2n) is 9.67. The van der Waals surface area contributed by atoms with Crippen LogP contribution in [0, 0.1) is 0 Å². The van der Waals surface area contributed by atoms with Crippen LogP contribution < -0.4 is 10.6 Å². The average molecular weight is 582 g/mol. The van der Waals surface area contributed by atoms with Gasteiger partial charge in [0.1, 0.15) is 0 Å². The zero-order chi connectivity index (χ0) is 24.6. The lowest BCUT2D eigenvalue weighted by Crippen LogP contribution is -2.47. The molecule has 0 aliphatic carbocycles. The van der Waals surface area contributed by atoms with Crippen LogP contribution in [0.2, 0.25) is 10.0 Å². The Hall–Kier alpha value is -1.31. The van der Waals surface area contributed by atoms with Crippen LogP contribution in [0.15, 0.2) is 46.9 Å². The van der Waals surface area contributed by atoms with E-state index in [4.69, 9.17) is 23.2 Å². The predicted octanol–water partition coefficient (Wildman–Crippen LogP) is 7.00. The van der Waals surface area contributed by atoms with Gasteiger partial charge in [0.15, 0.2) is 0 Å². The number of carbonyl (C=O) groups excluding carboxylic acids is 1. The molecule has 0 aromatic heterocycles. The highest BCUT2D eigenvalue weighted by molar-refractivity contribution is 9.10. The summed E-state index contributed by atoms with van der Waals surface area (Å²) >= 11 is 15.9. The number of carbonyl (C=O) groups is 1. The first-order valence-electron chi connectivity index (χ1n) is 12.7. The summed E-state index contributed by atoms with van der Waals surface area (Å²) in [5.74, 6) is 0.151. The maximum absolute atomic E-state index is 12.6. The first-order valence-corrected chi connectivity index (χ1v) is 14.2. The van der Waals surface area contributed by atoms with Crippen LogP contribution in [0.1, 0.15) is 50.0 Å². The second kappa shape index (κ2) is 13.3. The van der Waals surface area contributed by atoms with E-state index in [0.717, 1.165) is 47.8 Å². The Morgan fingerprint density at radius 3 is 2.49 bits per heavy atom. The van der Waals surface area contributed by atoms with Crippen LogP contribution in [-0.2, 0) is 0 Å². The number of likely N-dealkylation sites (tertiary alicyclic amines) is 2. The Labute approximate surface area is 227 Å². The van der Waals surface area contributed by atoms with Gasteiger partial charge in [0.2, 0.25) is 0 Å².